The summed E-state index contributed by atoms with van der Waals surface area (Å²) in [6, 6.07) is 6.30. The van der Waals surface area contributed by atoms with Gasteiger partial charge in [-0.1, -0.05) is 0 Å². The third-order valence-corrected chi connectivity index (χ3v) is 4.62. The summed E-state index contributed by atoms with van der Waals surface area (Å²) in [5.74, 6) is 0.914. The lowest BCUT2D eigenvalue weighted by Gasteiger charge is -2.23. The Morgan fingerprint density at radius 2 is 2.39 bits per heavy atom. The highest BCUT2D eigenvalue weighted by molar-refractivity contribution is 7.19. The van der Waals surface area contributed by atoms with Crippen LogP contribution >= 0.6 is 11.3 Å². The molecule has 2 heterocycles. The summed E-state index contributed by atoms with van der Waals surface area (Å²) in [4.78, 5) is 1.46. The predicted octanol–water partition coefficient (Wildman–Crippen LogP) is 2.74. The van der Waals surface area contributed by atoms with Crippen LogP contribution in [0.3, 0.4) is 0 Å². The van der Waals surface area contributed by atoms with Crippen LogP contribution in [0.1, 0.15) is 16.5 Å². The first-order chi connectivity index (χ1) is 8.83. The number of hydrogen-bond donors (Lipinski definition) is 1. The Hall–Kier alpha value is -1.10. The smallest absolute Gasteiger partial charge is 0.119 e. The van der Waals surface area contributed by atoms with Gasteiger partial charge in [-0.15, -0.1) is 11.3 Å². The van der Waals surface area contributed by atoms with Gasteiger partial charge in [-0.3, -0.25) is 0 Å². The van der Waals surface area contributed by atoms with Gasteiger partial charge in [0.1, 0.15) is 5.75 Å². The molecule has 3 rings (SSSR count). The summed E-state index contributed by atoms with van der Waals surface area (Å²) in [6.45, 7) is 1.68. The Kier molecular flexibility index (Phi) is 3.24. The summed E-state index contributed by atoms with van der Waals surface area (Å²) in [5, 5.41) is 4.50. The highest BCUT2D eigenvalue weighted by Gasteiger charge is 2.25. The molecule has 0 saturated carbocycles. The van der Waals surface area contributed by atoms with E-state index in [0.29, 0.717) is 0 Å². The van der Waals surface area contributed by atoms with Crippen LogP contribution in [0.25, 0.3) is 10.1 Å². The van der Waals surface area contributed by atoms with Gasteiger partial charge in [0.05, 0.1) is 19.8 Å². The average Bonchev–Trinajstić information content (AvgIpc) is 2.77. The minimum absolute atomic E-state index is 0.166. The summed E-state index contributed by atoms with van der Waals surface area (Å²) in [6.07, 6.45) is 1.19. The Morgan fingerprint density at radius 3 is 3.17 bits per heavy atom. The second-order valence-electron chi connectivity index (χ2n) is 4.47. The topological polar surface area (TPSA) is 30.5 Å². The number of ether oxygens (including phenoxy) is 2. The molecule has 1 aromatic carbocycles. The average molecular weight is 263 g/mol. The van der Waals surface area contributed by atoms with Crippen LogP contribution in [0, 0.1) is 0 Å². The minimum Gasteiger partial charge on any atom is -0.497 e. The predicted molar refractivity (Wildman–Crippen MR) is 74.7 cm³/mol. The van der Waals surface area contributed by atoms with E-state index >= 15 is 0 Å². The largest absolute Gasteiger partial charge is 0.497 e. The van der Waals surface area contributed by atoms with E-state index in [9.17, 15) is 0 Å². The zero-order valence-electron chi connectivity index (χ0n) is 10.7. The van der Waals surface area contributed by atoms with Crippen molar-refractivity contribution in [2.45, 2.75) is 12.5 Å². The quantitative estimate of drug-likeness (QED) is 0.923. The molecule has 4 heteroatoms. The van der Waals surface area contributed by atoms with Gasteiger partial charge in [0, 0.05) is 33.5 Å². The number of thiophene rings is 1. The van der Waals surface area contributed by atoms with Crippen molar-refractivity contribution >= 4 is 21.4 Å². The number of likely N-dealkylation sites (N-methyl/N-ethyl adjacent to an activating group) is 1. The van der Waals surface area contributed by atoms with Crippen molar-refractivity contribution in [2.24, 2.45) is 0 Å². The second-order valence-corrected chi connectivity index (χ2v) is 5.60. The lowest BCUT2D eigenvalue weighted by Crippen LogP contribution is -2.24. The van der Waals surface area contributed by atoms with Crippen molar-refractivity contribution in [3.05, 3.63) is 28.6 Å². The lowest BCUT2D eigenvalue weighted by atomic mass is 10.0. The van der Waals surface area contributed by atoms with Crippen molar-refractivity contribution in [3.63, 3.8) is 0 Å². The highest BCUT2D eigenvalue weighted by atomic mass is 32.1. The van der Waals surface area contributed by atoms with Gasteiger partial charge in [-0.05, 0) is 25.2 Å². The molecule has 0 amide bonds. The zero-order valence-corrected chi connectivity index (χ0v) is 11.5. The highest BCUT2D eigenvalue weighted by Crippen LogP contribution is 2.40. The van der Waals surface area contributed by atoms with Crippen molar-refractivity contribution in [2.75, 3.05) is 27.3 Å². The minimum atomic E-state index is 0.166. The summed E-state index contributed by atoms with van der Waals surface area (Å²) >= 11 is 1.89. The molecule has 2 aromatic rings. The Balaban J connectivity index is 2.15. The maximum atomic E-state index is 5.89. The van der Waals surface area contributed by atoms with Crippen molar-refractivity contribution < 1.29 is 9.47 Å². The van der Waals surface area contributed by atoms with Crippen LogP contribution in [0.4, 0.5) is 0 Å². The monoisotopic (exact) mass is 263 g/mol. The first-order valence-electron chi connectivity index (χ1n) is 6.19. The van der Waals surface area contributed by atoms with E-state index in [1.807, 2.05) is 24.5 Å². The van der Waals surface area contributed by atoms with Crippen LogP contribution < -0.4 is 10.1 Å². The van der Waals surface area contributed by atoms with Gasteiger partial charge >= 0.3 is 0 Å². The molecule has 0 saturated heterocycles. The number of hydrogen-bond acceptors (Lipinski definition) is 4. The first-order valence-corrected chi connectivity index (χ1v) is 7.00. The molecule has 1 aliphatic rings. The van der Waals surface area contributed by atoms with E-state index in [1.165, 1.54) is 20.5 Å². The van der Waals surface area contributed by atoms with Crippen molar-refractivity contribution in [1.29, 1.82) is 0 Å². The molecule has 0 radical (unpaired) electrons. The van der Waals surface area contributed by atoms with Gasteiger partial charge < -0.3 is 14.8 Å². The molecule has 1 aliphatic heterocycles. The van der Waals surface area contributed by atoms with Crippen molar-refractivity contribution in [3.8, 4) is 5.75 Å². The van der Waals surface area contributed by atoms with Gasteiger partial charge in [0.2, 0.25) is 0 Å². The van der Waals surface area contributed by atoms with Crippen LogP contribution in [0.15, 0.2) is 18.2 Å². The maximum Gasteiger partial charge on any atom is 0.119 e. The third kappa shape index (κ3) is 1.90. The standard InChI is InChI=1S/C14H17NO2S/c1-15-8-11-14-10-7-9(16-2)3-4-12(10)18-13(14)5-6-17-11/h3-4,7,11,15H,5-6,8H2,1-2H3. The van der Waals surface area contributed by atoms with E-state index in [1.54, 1.807) is 7.11 Å². The van der Waals surface area contributed by atoms with Gasteiger partial charge in [-0.2, -0.15) is 0 Å². The van der Waals surface area contributed by atoms with Crippen LogP contribution in [-0.4, -0.2) is 27.3 Å². The molecular formula is C14H17NO2S. The van der Waals surface area contributed by atoms with E-state index in [-0.39, 0.29) is 6.10 Å². The Bertz CT molecular complexity index is 564. The van der Waals surface area contributed by atoms with Crippen LogP contribution in [0.5, 0.6) is 5.75 Å². The third-order valence-electron chi connectivity index (χ3n) is 3.37. The number of methoxy groups -OCH3 is 1. The molecule has 0 fully saturated rings. The normalized spacial score (nSPS) is 18.9. The molecular weight excluding hydrogens is 246 g/mol. The number of rotatable bonds is 3. The number of nitrogens with one attached hydrogen (secondary N) is 1. The first kappa shape index (κ1) is 12.0. The van der Waals surface area contributed by atoms with Gasteiger partial charge in [0.25, 0.3) is 0 Å². The molecule has 1 N–H and O–H groups in total. The molecule has 1 aromatic heterocycles. The van der Waals surface area contributed by atoms with Crippen molar-refractivity contribution in [1.82, 2.24) is 5.32 Å². The number of fused-ring (bicyclic) bond motifs is 3. The molecule has 96 valence electrons. The fourth-order valence-electron chi connectivity index (χ4n) is 2.54. The molecule has 0 bridgehead atoms. The van der Waals surface area contributed by atoms with Gasteiger partial charge in [-0.25, -0.2) is 0 Å². The summed E-state index contributed by atoms with van der Waals surface area (Å²) in [7, 11) is 3.67. The van der Waals surface area contributed by atoms with Crippen LogP contribution in [-0.2, 0) is 11.2 Å². The number of benzene rings is 1. The maximum absolute atomic E-state index is 5.89. The van der Waals surface area contributed by atoms with E-state index in [4.69, 9.17) is 9.47 Å². The fraction of sp³-hybridized carbons (Fsp3) is 0.429. The molecule has 0 spiro atoms. The van der Waals surface area contributed by atoms with E-state index < -0.39 is 0 Å². The molecule has 1 unspecified atom stereocenters. The SMILES string of the molecule is CNCC1OCCc2sc3ccc(OC)cc3c21. The molecule has 1 atom stereocenters. The summed E-state index contributed by atoms with van der Waals surface area (Å²) in [5.41, 5.74) is 1.36. The molecule has 0 aliphatic carbocycles. The lowest BCUT2D eigenvalue weighted by molar-refractivity contribution is 0.0462. The fourth-order valence-corrected chi connectivity index (χ4v) is 3.75. The van der Waals surface area contributed by atoms with Crippen LogP contribution in [0.2, 0.25) is 0 Å². The molecule has 18 heavy (non-hydrogen) atoms. The Labute approximate surface area is 111 Å². The second kappa shape index (κ2) is 4.88. The van der Waals surface area contributed by atoms with Gasteiger partial charge in [0.15, 0.2) is 0 Å². The molecule has 3 nitrogen and oxygen atoms in total. The van der Waals surface area contributed by atoms with E-state index in [0.717, 1.165) is 25.3 Å². The Morgan fingerprint density at radius 1 is 1.50 bits per heavy atom. The van der Waals surface area contributed by atoms with E-state index in [2.05, 4.69) is 17.4 Å². The zero-order chi connectivity index (χ0) is 12.5. The summed E-state index contributed by atoms with van der Waals surface area (Å²) < 4.78 is 12.5.